The quantitative estimate of drug-likeness (QED) is 0.414. The molecule has 3 rings (SSSR count). The normalized spacial score (nSPS) is 10.8. The zero-order chi connectivity index (χ0) is 17.5. The van der Waals surface area contributed by atoms with E-state index in [4.69, 9.17) is 16.3 Å². The maximum Gasteiger partial charge on any atom is 0.252 e. The van der Waals surface area contributed by atoms with Crippen molar-refractivity contribution >= 4 is 29.0 Å². The molecule has 0 fully saturated rings. The van der Waals surface area contributed by atoms with Crippen LogP contribution in [0.4, 0.5) is 0 Å². The third kappa shape index (κ3) is 4.59. The SMILES string of the molecule is O=C(Cl)c1ccccc1C=Cc1ccccc1OCc1ccccc1. The largest absolute Gasteiger partial charge is 0.488 e. The summed E-state index contributed by atoms with van der Waals surface area (Å²) in [6.45, 7) is 0.502. The second-order valence-electron chi connectivity index (χ2n) is 5.51. The lowest BCUT2D eigenvalue weighted by atomic mass is 10.1. The first-order valence-corrected chi connectivity index (χ1v) is 8.34. The summed E-state index contributed by atoms with van der Waals surface area (Å²) in [6, 6.07) is 25.1. The molecule has 0 bridgehead atoms. The van der Waals surface area contributed by atoms with Crippen LogP contribution in [0.25, 0.3) is 12.2 Å². The van der Waals surface area contributed by atoms with Crippen molar-refractivity contribution < 1.29 is 9.53 Å². The van der Waals surface area contributed by atoms with Crippen LogP contribution in [-0.2, 0) is 6.61 Å². The van der Waals surface area contributed by atoms with Gasteiger partial charge in [-0.05, 0) is 34.9 Å². The van der Waals surface area contributed by atoms with E-state index in [-0.39, 0.29) is 0 Å². The zero-order valence-corrected chi connectivity index (χ0v) is 14.3. The molecule has 3 aromatic rings. The monoisotopic (exact) mass is 348 g/mol. The Hall–Kier alpha value is -2.84. The van der Waals surface area contributed by atoms with Crippen molar-refractivity contribution in [2.45, 2.75) is 6.61 Å². The number of carbonyl (C=O) groups is 1. The number of rotatable bonds is 6. The van der Waals surface area contributed by atoms with E-state index < -0.39 is 5.24 Å². The van der Waals surface area contributed by atoms with Gasteiger partial charge in [0.2, 0.25) is 0 Å². The lowest BCUT2D eigenvalue weighted by Gasteiger charge is -2.09. The first-order chi connectivity index (χ1) is 12.2. The molecule has 0 saturated carbocycles. The fourth-order valence-corrected chi connectivity index (χ4v) is 2.66. The summed E-state index contributed by atoms with van der Waals surface area (Å²) in [6.07, 6.45) is 3.80. The summed E-state index contributed by atoms with van der Waals surface area (Å²) in [4.78, 5) is 11.5. The second-order valence-corrected chi connectivity index (χ2v) is 5.85. The Morgan fingerprint density at radius 2 is 1.40 bits per heavy atom. The summed E-state index contributed by atoms with van der Waals surface area (Å²) < 4.78 is 5.95. The molecule has 0 aliphatic carbocycles. The van der Waals surface area contributed by atoms with Crippen LogP contribution in [0.2, 0.25) is 0 Å². The molecule has 3 heteroatoms. The van der Waals surface area contributed by atoms with E-state index in [9.17, 15) is 4.79 Å². The Kier molecular flexibility index (Phi) is 5.65. The Morgan fingerprint density at radius 3 is 2.16 bits per heavy atom. The average molecular weight is 349 g/mol. The van der Waals surface area contributed by atoms with Crippen LogP contribution in [0.3, 0.4) is 0 Å². The van der Waals surface area contributed by atoms with Gasteiger partial charge in [0.25, 0.3) is 5.24 Å². The van der Waals surface area contributed by atoms with Crippen molar-refractivity contribution in [1.82, 2.24) is 0 Å². The summed E-state index contributed by atoms with van der Waals surface area (Å²) >= 11 is 5.64. The maximum atomic E-state index is 11.5. The van der Waals surface area contributed by atoms with Crippen molar-refractivity contribution in [3.05, 3.63) is 101 Å². The van der Waals surface area contributed by atoms with Crippen LogP contribution in [0, 0.1) is 0 Å². The maximum absolute atomic E-state index is 11.5. The minimum Gasteiger partial charge on any atom is -0.488 e. The summed E-state index contributed by atoms with van der Waals surface area (Å²) in [5.74, 6) is 0.789. The molecule has 3 aromatic carbocycles. The molecule has 0 unspecified atom stereocenters. The summed E-state index contributed by atoms with van der Waals surface area (Å²) in [5.41, 5.74) is 3.32. The van der Waals surface area contributed by atoms with E-state index in [1.54, 1.807) is 12.1 Å². The Morgan fingerprint density at radius 1 is 0.800 bits per heavy atom. The molecule has 0 amide bonds. The first kappa shape index (κ1) is 17.0. The van der Waals surface area contributed by atoms with E-state index in [1.165, 1.54) is 0 Å². The van der Waals surface area contributed by atoms with Crippen LogP contribution in [0.5, 0.6) is 5.75 Å². The van der Waals surface area contributed by atoms with E-state index >= 15 is 0 Å². The van der Waals surface area contributed by atoms with Gasteiger partial charge in [-0.2, -0.15) is 0 Å². The number of hydrogen-bond acceptors (Lipinski definition) is 2. The van der Waals surface area contributed by atoms with Crippen molar-refractivity contribution in [2.24, 2.45) is 0 Å². The lowest BCUT2D eigenvalue weighted by molar-refractivity contribution is 0.108. The Labute approximate surface area is 152 Å². The molecular weight excluding hydrogens is 332 g/mol. The van der Waals surface area contributed by atoms with Crippen molar-refractivity contribution in [1.29, 1.82) is 0 Å². The van der Waals surface area contributed by atoms with Crippen LogP contribution in [0.1, 0.15) is 27.0 Å². The van der Waals surface area contributed by atoms with E-state index in [2.05, 4.69) is 0 Å². The lowest BCUT2D eigenvalue weighted by Crippen LogP contribution is -1.96. The minimum absolute atomic E-state index is 0.464. The standard InChI is InChI=1S/C22H17ClO2/c23-22(24)20-12-6-4-10-18(20)14-15-19-11-5-7-13-21(19)25-16-17-8-2-1-3-9-17/h1-15H,16H2. The predicted molar refractivity (Wildman–Crippen MR) is 103 cm³/mol. The van der Waals surface area contributed by atoms with Crippen LogP contribution < -0.4 is 4.74 Å². The van der Waals surface area contributed by atoms with Gasteiger partial charge in [0.05, 0.1) is 0 Å². The van der Waals surface area contributed by atoms with Gasteiger partial charge in [0.1, 0.15) is 12.4 Å². The van der Waals surface area contributed by atoms with Gasteiger partial charge in [0.15, 0.2) is 0 Å². The highest BCUT2D eigenvalue weighted by molar-refractivity contribution is 6.68. The first-order valence-electron chi connectivity index (χ1n) is 7.97. The molecule has 2 nitrogen and oxygen atoms in total. The molecule has 0 saturated heterocycles. The van der Waals surface area contributed by atoms with E-state index in [1.807, 2.05) is 78.9 Å². The van der Waals surface area contributed by atoms with Crippen molar-refractivity contribution in [3.8, 4) is 5.75 Å². The Bertz CT molecular complexity index is 885. The molecule has 0 aromatic heterocycles. The van der Waals surface area contributed by atoms with Crippen molar-refractivity contribution in [2.75, 3.05) is 0 Å². The van der Waals surface area contributed by atoms with E-state index in [0.717, 1.165) is 22.4 Å². The molecule has 0 radical (unpaired) electrons. The van der Waals surface area contributed by atoms with Gasteiger partial charge in [-0.15, -0.1) is 0 Å². The number of carbonyl (C=O) groups excluding carboxylic acids is 1. The molecule has 124 valence electrons. The van der Waals surface area contributed by atoms with Crippen LogP contribution in [0.15, 0.2) is 78.9 Å². The van der Waals surface area contributed by atoms with E-state index in [0.29, 0.717) is 12.2 Å². The fourth-order valence-electron chi connectivity index (χ4n) is 2.49. The zero-order valence-electron chi connectivity index (χ0n) is 13.6. The van der Waals surface area contributed by atoms with Gasteiger partial charge in [-0.25, -0.2) is 0 Å². The minimum atomic E-state index is -0.464. The molecule has 0 N–H and O–H groups in total. The van der Waals surface area contributed by atoms with Gasteiger partial charge < -0.3 is 4.74 Å². The smallest absolute Gasteiger partial charge is 0.252 e. The fraction of sp³-hybridized carbons (Fsp3) is 0.0455. The van der Waals surface area contributed by atoms with Gasteiger partial charge in [-0.1, -0.05) is 78.9 Å². The van der Waals surface area contributed by atoms with Crippen molar-refractivity contribution in [3.63, 3.8) is 0 Å². The third-order valence-electron chi connectivity index (χ3n) is 3.77. The third-order valence-corrected chi connectivity index (χ3v) is 3.97. The molecule has 0 heterocycles. The predicted octanol–water partition coefficient (Wildman–Crippen LogP) is 5.82. The van der Waals surface area contributed by atoms with Gasteiger partial charge in [-0.3, -0.25) is 4.79 Å². The van der Waals surface area contributed by atoms with Gasteiger partial charge >= 0.3 is 0 Å². The molecular formula is C22H17ClO2. The molecule has 0 spiro atoms. The number of hydrogen-bond donors (Lipinski definition) is 0. The molecule has 0 aliphatic rings. The highest BCUT2D eigenvalue weighted by Crippen LogP contribution is 2.23. The molecule has 0 aliphatic heterocycles. The number of halogens is 1. The topological polar surface area (TPSA) is 26.3 Å². The Balaban J connectivity index is 1.80. The van der Waals surface area contributed by atoms with Crippen LogP contribution in [-0.4, -0.2) is 5.24 Å². The summed E-state index contributed by atoms with van der Waals surface area (Å²) in [5, 5.41) is -0.464. The highest BCUT2D eigenvalue weighted by atomic mass is 35.5. The van der Waals surface area contributed by atoms with Crippen LogP contribution >= 0.6 is 11.6 Å². The number of benzene rings is 3. The molecule has 0 atom stereocenters. The number of para-hydroxylation sites is 1. The number of ether oxygens (including phenoxy) is 1. The average Bonchev–Trinajstić information content (AvgIpc) is 2.66. The highest BCUT2D eigenvalue weighted by Gasteiger charge is 2.06. The second kappa shape index (κ2) is 8.32. The van der Waals surface area contributed by atoms with Gasteiger partial charge in [0, 0.05) is 11.1 Å². The molecule has 25 heavy (non-hydrogen) atoms. The summed E-state index contributed by atoms with van der Waals surface area (Å²) in [7, 11) is 0.